The molecule has 4 atom stereocenters. The van der Waals surface area contributed by atoms with Crippen LogP contribution in [0, 0.1) is 0 Å². The molecule has 0 aliphatic heterocycles. The van der Waals surface area contributed by atoms with Gasteiger partial charge in [0.2, 0.25) is 0 Å². The maximum absolute atomic E-state index is 14.7. The second kappa shape index (κ2) is 5.84. The molecule has 0 aromatic carbocycles. The summed E-state index contributed by atoms with van der Waals surface area (Å²) in [6.45, 7) is 0. The van der Waals surface area contributed by atoms with Crippen LogP contribution >= 0.6 is 34.7 Å². The van der Waals surface area contributed by atoms with Gasteiger partial charge in [-0.1, -0.05) is 23.2 Å². The smallest absolute Gasteiger partial charge is 0.240 e. The largest absolute Gasteiger partial charge is 0.363 e. The van der Waals surface area contributed by atoms with Crippen LogP contribution in [0.1, 0.15) is 0 Å². The molecule has 28 heavy (non-hydrogen) atoms. The molecule has 0 aromatic heterocycles. The normalized spacial score (nSPS) is 45.7. The highest BCUT2D eigenvalue weighted by Gasteiger charge is 2.88. The first-order valence-electron chi connectivity index (χ1n) is 6.76. The van der Waals surface area contributed by atoms with Crippen molar-refractivity contribution in [1.29, 1.82) is 0 Å². The number of hydrogen-bond donors (Lipinski definition) is 0. The molecule has 0 radical (unpaired) electrons. The van der Waals surface area contributed by atoms with Gasteiger partial charge < -0.3 is 0 Å². The highest BCUT2D eigenvalue weighted by Crippen LogP contribution is 2.63. The van der Waals surface area contributed by atoms with Crippen LogP contribution in [0.5, 0.6) is 0 Å². The number of halogens is 15. The first-order valence-corrected chi connectivity index (χ1v) is 7.96. The summed E-state index contributed by atoms with van der Waals surface area (Å²) in [4.78, 5) is 0. The molecule has 0 bridgehead atoms. The minimum Gasteiger partial charge on any atom is -0.240 e. The third-order valence-corrected chi connectivity index (χ3v) is 5.76. The third kappa shape index (κ3) is 2.44. The summed E-state index contributed by atoms with van der Waals surface area (Å²) in [6.07, 6.45) is -7.58. The molecule has 16 heteroatoms. The van der Waals surface area contributed by atoms with E-state index in [1.54, 1.807) is 0 Å². The van der Waals surface area contributed by atoms with Gasteiger partial charge in [-0.3, -0.25) is 0 Å². The van der Waals surface area contributed by atoms with Crippen molar-refractivity contribution in [3.8, 4) is 0 Å². The van der Waals surface area contributed by atoms with E-state index in [0.717, 1.165) is 0 Å². The Balaban J connectivity index is 2.73. The molecular weight excluding hydrogens is 489 g/mol. The van der Waals surface area contributed by atoms with Gasteiger partial charge in [-0.15, -0.1) is 0 Å². The molecule has 0 heterocycles. The van der Waals surface area contributed by atoms with Crippen molar-refractivity contribution in [3.05, 3.63) is 24.3 Å². The van der Waals surface area contributed by atoms with E-state index in [-0.39, 0.29) is 0 Å². The van der Waals surface area contributed by atoms with Crippen molar-refractivity contribution in [2.45, 2.75) is 45.1 Å². The molecule has 0 saturated carbocycles. The van der Waals surface area contributed by atoms with Crippen molar-refractivity contribution >= 4 is 40.8 Å². The minimum absolute atomic E-state index is 0.769. The molecule has 0 N–H and O–H groups in total. The topological polar surface area (TPSA) is 0 Å². The highest BCUT2D eigenvalue weighted by atomic mass is 35.5. The quantitative estimate of drug-likeness (QED) is 0.186. The molecule has 0 fully saturated rings. The Morgan fingerprint density at radius 3 is 0.964 bits per heavy atom. The lowest BCUT2D eigenvalue weighted by molar-refractivity contribution is -0.284. The maximum Gasteiger partial charge on any atom is 0.363 e. The van der Waals surface area contributed by atoms with Gasteiger partial charge >= 0.3 is 29.8 Å². The zero-order valence-corrected chi connectivity index (χ0v) is 14.8. The van der Waals surface area contributed by atoms with E-state index in [2.05, 4.69) is 23.2 Å². The van der Waals surface area contributed by atoms with Crippen LogP contribution in [0.25, 0.3) is 0 Å². The van der Waals surface area contributed by atoms with Crippen molar-refractivity contribution in [2.75, 3.05) is 0 Å². The molecule has 2 aliphatic rings. The average Bonchev–Trinajstić information content (AvgIpc) is 2.53. The van der Waals surface area contributed by atoms with Gasteiger partial charge in [-0.2, -0.15) is 46.6 Å². The minimum atomic E-state index is -6.42. The molecule has 160 valence electrons. The first kappa shape index (κ1) is 23.9. The van der Waals surface area contributed by atoms with E-state index < -0.39 is 75.5 Å². The van der Waals surface area contributed by atoms with E-state index in [0.29, 0.717) is 0 Å². The monoisotopic (exact) mass is 492 g/mol. The van der Waals surface area contributed by atoms with Gasteiger partial charge in [0.15, 0.2) is 11.1 Å². The van der Waals surface area contributed by atoms with E-state index in [1.807, 2.05) is 0 Å². The fourth-order valence-electron chi connectivity index (χ4n) is 2.56. The zero-order chi connectivity index (χ0) is 22.4. The van der Waals surface area contributed by atoms with E-state index in [1.165, 1.54) is 0 Å². The van der Waals surface area contributed by atoms with Crippen LogP contribution < -0.4 is 0 Å². The Morgan fingerprint density at radius 2 is 0.714 bits per heavy atom. The molecule has 0 amide bonds. The highest BCUT2D eigenvalue weighted by molar-refractivity contribution is 7.10. The third-order valence-electron chi connectivity index (χ3n) is 4.40. The molecule has 4 unspecified atom stereocenters. The maximum atomic E-state index is 14.7. The molecule has 0 nitrogen and oxygen atoms in total. The predicted molar refractivity (Wildman–Crippen MR) is 76.7 cm³/mol. The fourth-order valence-corrected chi connectivity index (χ4v) is 3.35. The van der Waals surface area contributed by atoms with Gasteiger partial charge in [0.1, 0.15) is 0 Å². The lowest BCUT2D eigenvalue weighted by Crippen LogP contribution is -2.77. The summed E-state index contributed by atoms with van der Waals surface area (Å²) in [5, 5.41) is -9.52. The molecular formula is C12H4BCl3F12. The van der Waals surface area contributed by atoms with Crippen LogP contribution in [-0.4, -0.2) is 51.2 Å². The summed E-state index contributed by atoms with van der Waals surface area (Å²) in [5.74, 6) is -25.2. The Bertz CT molecular complexity index is 675. The van der Waals surface area contributed by atoms with Crippen LogP contribution in [-0.2, 0) is 0 Å². The molecule has 0 saturated heterocycles. The standard InChI is InChI=1S/C12H4BCl3F12/c14-7(19)3-1-5(17,9(21,22)11(7,25)26)13(16)6(18)2-4-8(15,20)12(27,28)10(6,23)24/h1-4H. The number of alkyl halides is 14. The van der Waals surface area contributed by atoms with Crippen molar-refractivity contribution in [2.24, 2.45) is 0 Å². The fraction of sp³-hybridized carbons (Fsp3) is 0.667. The summed E-state index contributed by atoms with van der Waals surface area (Å²) >= 11 is 13.9. The Hall–Kier alpha value is -0.425. The van der Waals surface area contributed by atoms with Gasteiger partial charge in [-0.05, 0) is 24.3 Å². The number of allylic oxidation sites excluding steroid dienone is 4. The average molecular weight is 493 g/mol. The summed E-state index contributed by atoms with van der Waals surface area (Å²) < 4.78 is 167. The molecule has 0 spiro atoms. The second-order valence-corrected chi connectivity index (χ2v) is 7.65. The van der Waals surface area contributed by atoms with Gasteiger partial charge in [-0.25, -0.2) is 17.6 Å². The van der Waals surface area contributed by atoms with Crippen molar-refractivity contribution in [1.82, 2.24) is 0 Å². The van der Waals surface area contributed by atoms with Crippen LogP contribution in [0.2, 0.25) is 0 Å². The molecule has 2 aliphatic carbocycles. The summed E-state index contributed by atoms with van der Waals surface area (Å²) in [6, 6.07) is 0. The Labute approximate surface area is 163 Å². The summed E-state index contributed by atoms with van der Waals surface area (Å²) in [7, 11) is 0. The van der Waals surface area contributed by atoms with Crippen molar-refractivity contribution < 1.29 is 52.7 Å². The van der Waals surface area contributed by atoms with Crippen LogP contribution in [0.3, 0.4) is 0 Å². The Kier molecular flexibility index (Phi) is 4.97. The summed E-state index contributed by atoms with van der Waals surface area (Å²) in [5.41, 5.74) is -10.8. The van der Waals surface area contributed by atoms with E-state index in [9.17, 15) is 52.7 Å². The van der Waals surface area contributed by atoms with Gasteiger partial charge in [0, 0.05) is 0 Å². The predicted octanol–water partition coefficient (Wildman–Crippen LogP) is 6.20. The Morgan fingerprint density at radius 1 is 0.464 bits per heavy atom. The van der Waals surface area contributed by atoms with Gasteiger partial charge in [0.05, 0.1) is 0 Å². The molecule has 2 rings (SSSR count). The lowest BCUT2D eigenvalue weighted by atomic mass is 9.43. The zero-order valence-electron chi connectivity index (χ0n) is 12.6. The SMILES string of the molecule is FC1(Cl)C=CC(F)(B(Cl)C2(F)C=CC(F)(Cl)C(F)(F)C2(F)F)C(F)(F)C1(F)F. The first-order chi connectivity index (χ1) is 12.1. The van der Waals surface area contributed by atoms with Crippen molar-refractivity contribution in [3.63, 3.8) is 0 Å². The van der Waals surface area contributed by atoms with Gasteiger partial charge in [0.25, 0.3) is 10.3 Å². The van der Waals surface area contributed by atoms with E-state index in [4.69, 9.17) is 11.5 Å². The lowest BCUT2D eigenvalue weighted by Gasteiger charge is -2.49. The van der Waals surface area contributed by atoms with Crippen LogP contribution in [0.15, 0.2) is 24.3 Å². The second-order valence-electron chi connectivity index (χ2n) is 6.11. The van der Waals surface area contributed by atoms with E-state index >= 15 is 0 Å². The number of hydrogen-bond acceptors (Lipinski definition) is 0. The number of rotatable bonds is 2. The van der Waals surface area contributed by atoms with Crippen LogP contribution in [0.4, 0.5) is 52.7 Å². The molecule has 0 aromatic rings.